The van der Waals surface area contributed by atoms with Gasteiger partial charge in [0.2, 0.25) is 0 Å². The smallest absolute Gasteiger partial charge is 0.462 e. The second kappa shape index (κ2) is 77.2. The van der Waals surface area contributed by atoms with Crippen molar-refractivity contribution in [2.75, 3.05) is 26.4 Å². The molecule has 3 N–H and O–H groups in total. The Hall–Kier alpha value is -3.85. The van der Waals surface area contributed by atoms with E-state index in [1.54, 1.807) is 0 Å². The molecule has 0 fully saturated rings. The molecule has 93 heavy (non-hydrogen) atoms. The fraction of sp³-hybridized carbons (Fsp3) is 0.711. The van der Waals surface area contributed by atoms with E-state index >= 15 is 0 Å². The highest BCUT2D eigenvalue weighted by molar-refractivity contribution is 7.47. The standard InChI is InChI=1S/C83H144NO8P/c1-3-5-7-9-11-13-15-17-19-21-23-25-27-29-31-33-35-36-37-38-39-40-41-42-43-44-46-48-50-52-54-56-58-60-62-64-66-68-70-72-74-76-83(86)92-81(80-91-93(87,88)90-78-77-84)79-89-82(85)75-73-71-69-67-65-63-61-59-57-55-53-51-49-47-45-34-32-30-28-26-24-22-20-18-16-14-12-10-8-6-4-2/h5,7,11,13,16-19,22-25,29,31,35-36,38-39,41-42,44,46,81H,3-4,6,8-10,12,14-15,20-21,26-28,30,32-34,37,40,43,45,47-80,84H2,1-2H3,(H,87,88)/b7-5-,13-11-,18-16-,19-17-,24-22-,25-23-,31-29-,36-35-,39-38-,42-41-,46-44-. The molecule has 2 unspecified atom stereocenters. The number of nitrogens with two attached hydrogens (primary N) is 1. The van der Waals surface area contributed by atoms with E-state index < -0.39 is 26.5 Å². The lowest BCUT2D eigenvalue weighted by Crippen LogP contribution is -2.29. The van der Waals surface area contributed by atoms with E-state index in [9.17, 15) is 19.0 Å². The van der Waals surface area contributed by atoms with Gasteiger partial charge in [0.15, 0.2) is 6.10 Å². The average molecular weight is 1320 g/mol. The summed E-state index contributed by atoms with van der Waals surface area (Å²) < 4.78 is 33.3. The first-order valence-corrected chi connectivity index (χ1v) is 40.2. The van der Waals surface area contributed by atoms with Crippen molar-refractivity contribution in [2.24, 2.45) is 5.73 Å². The highest BCUT2D eigenvalue weighted by atomic mass is 31.2. The van der Waals surface area contributed by atoms with Crippen molar-refractivity contribution < 1.29 is 37.6 Å². The third-order valence-corrected chi connectivity index (χ3v) is 17.5. The van der Waals surface area contributed by atoms with E-state index in [4.69, 9.17) is 24.3 Å². The molecule has 0 aliphatic rings. The third-order valence-electron chi connectivity index (χ3n) is 16.5. The van der Waals surface area contributed by atoms with Crippen LogP contribution in [0, 0.1) is 0 Å². The zero-order valence-electron chi connectivity index (χ0n) is 60.2. The average Bonchev–Trinajstić information content (AvgIpc) is 3.49. The van der Waals surface area contributed by atoms with Crippen molar-refractivity contribution in [3.05, 3.63) is 134 Å². The lowest BCUT2D eigenvalue weighted by Gasteiger charge is -2.19. The molecule has 0 saturated carbocycles. The molecule has 0 aliphatic carbocycles. The Balaban J connectivity index is 3.86. The summed E-state index contributed by atoms with van der Waals surface area (Å²) >= 11 is 0. The first-order chi connectivity index (χ1) is 45.8. The van der Waals surface area contributed by atoms with E-state index in [0.717, 1.165) is 103 Å². The van der Waals surface area contributed by atoms with E-state index in [-0.39, 0.29) is 38.6 Å². The Bertz CT molecular complexity index is 1990. The normalized spacial score (nSPS) is 13.6. The molecule has 9 nitrogen and oxygen atoms in total. The summed E-state index contributed by atoms with van der Waals surface area (Å²) in [5, 5.41) is 0. The highest BCUT2D eigenvalue weighted by Gasteiger charge is 2.26. The van der Waals surface area contributed by atoms with Gasteiger partial charge in [-0.3, -0.25) is 18.6 Å². The van der Waals surface area contributed by atoms with Crippen molar-refractivity contribution in [3.8, 4) is 0 Å². The van der Waals surface area contributed by atoms with Crippen molar-refractivity contribution in [2.45, 2.75) is 354 Å². The second-order valence-electron chi connectivity index (χ2n) is 25.5. The molecule has 0 radical (unpaired) electrons. The van der Waals surface area contributed by atoms with Gasteiger partial charge in [0, 0.05) is 19.4 Å². The molecule has 0 aromatic carbocycles. The zero-order chi connectivity index (χ0) is 67.2. The molecule has 0 aromatic heterocycles. The van der Waals surface area contributed by atoms with Gasteiger partial charge in [0.1, 0.15) is 6.61 Å². The van der Waals surface area contributed by atoms with Gasteiger partial charge in [-0.05, 0) is 116 Å². The van der Waals surface area contributed by atoms with Crippen molar-refractivity contribution in [1.82, 2.24) is 0 Å². The molecule has 0 bridgehead atoms. The summed E-state index contributed by atoms with van der Waals surface area (Å²) in [5.74, 6) is -0.821. The van der Waals surface area contributed by atoms with Gasteiger partial charge in [-0.15, -0.1) is 0 Å². The van der Waals surface area contributed by atoms with Crippen LogP contribution in [0.5, 0.6) is 0 Å². The Morgan fingerprint density at radius 1 is 0.333 bits per heavy atom. The second-order valence-corrected chi connectivity index (χ2v) is 26.9. The number of rotatable bonds is 72. The van der Waals surface area contributed by atoms with Gasteiger partial charge in [-0.1, -0.05) is 353 Å². The molecular formula is C83H144NO8P. The fourth-order valence-electron chi connectivity index (χ4n) is 10.8. The van der Waals surface area contributed by atoms with Gasteiger partial charge < -0.3 is 20.1 Å². The number of carbonyl (C=O) groups excluding carboxylic acids is 2. The first-order valence-electron chi connectivity index (χ1n) is 38.7. The number of phosphoric acid groups is 1. The molecule has 534 valence electrons. The highest BCUT2D eigenvalue weighted by Crippen LogP contribution is 2.43. The van der Waals surface area contributed by atoms with Crippen LogP contribution in [0.1, 0.15) is 348 Å². The predicted molar refractivity (Wildman–Crippen MR) is 404 cm³/mol. The Morgan fingerprint density at radius 2 is 0.591 bits per heavy atom. The number of ether oxygens (including phenoxy) is 2. The predicted octanol–water partition coefficient (Wildman–Crippen LogP) is 26.0. The fourth-order valence-corrected chi connectivity index (χ4v) is 11.6. The Morgan fingerprint density at radius 3 is 0.882 bits per heavy atom. The lowest BCUT2D eigenvalue weighted by atomic mass is 10.0. The maximum Gasteiger partial charge on any atom is 0.472 e. The maximum absolute atomic E-state index is 12.8. The van der Waals surface area contributed by atoms with Crippen LogP contribution in [0.2, 0.25) is 0 Å². The molecule has 0 aromatic rings. The number of carbonyl (C=O) groups is 2. The number of esters is 2. The summed E-state index contributed by atoms with van der Waals surface area (Å²) in [5.41, 5.74) is 5.41. The minimum atomic E-state index is -4.40. The number of phosphoric ester groups is 1. The molecule has 2 atom stereocenters. The van der Waals surface area contributed by atoms with Crippen LogP contribution in [0.25, 0.3) is 0 Å². The van der Waals surface area contributed by atoms with Crippen LogP contribution in [-0.4, -0.2) is 49.3 Å². The van der Waals surface area contributed by atoms with Crippen LogP contribution < -0.4 is 5.73 Å². The van der Waals surface area contributed by atoms with Crippen LogP contribution in [0.4, 0.5) is 0 Å². The minimum Gasteiger partial charge on any atom is -0.462 e. The molecular weight excluding hydrogens is 1170 g/mol. The molecule has 0 rings (SSSR count). The monoisotopic (exact) mass is 1310 g/mol. The maximum atomic E-state index is 12.8. The number of hydrogen-bond acceptors (Lipinski definition) is 8. The van der Waals surface area contributed by atoms with Crippen LogP contribution >= 0.6 is 7.82 Å². The van der Waals surface area contributed by atoms with Crippen molar-refractivity contribution in [3.63, 3.8) is 0 Å². The van der Waals surface area contributed by atoms with E-state index in [0.29, 0.717) is 6.42 Å². The lowest BCUT2D eigenvalue weighted by molar-refractivity contribution is -0.161. The third kappa shape index (κ3) is 77.0. The zero-order valence-corrected chi connectivity index (χ0v) is 61.1. The van der Waals surface area contributed by atoms with E-state index in [1.165, 1.54) is 212 Å². The molecule has 0 amide bonds. The van der Waals surface area contributed by atoms with Gasteiger partial charge in [-0.2, -0.15) is 0 Å². The van der Waals surface area contributed by atoms with E-state index in [2.05, 4.69) is 148 Å². The molecule has 0 heterocycles. The van der Waals surface area contributed by atoms with Crippen LogP contribution in [-0.2, 0) is 32.7 Å². The van der Waals surface area contributed by atoms with Gasteiger partial charge in [0.05, 0.1) is 13.2 Å². The van der Waals surface area contributed by atoms with Gasteiger partial charge in [0.25, 0.3) is 0 Å². The van der Waals surface area contributed by atoms with Crippen LogP contribution in [0.15, 0.2) is 134 Å². The number of allylic oxidation sites excluding steroid dienone is 22. The summed E-state index contributed by atoms with van der Waals surface area (Å²) in [7, 11) is -4.40. The Kier molecular flexibility index (Phi) is 74.0. The SMILES string of the molecule is CC/C=C\C/C=C\C/C=C\C/C=C\C/C=C\C/C=C\C/C=C\C/C=C\C/C=C\CCCCCCCCCCCCCCCC(=O)OC(COC(=O)CCCCCCCCCCCCCCCCCCCCC/C=C\C/C=C\CCCCCCC)COP(=O)(O)OCCN. The minimum absolute atomic E-state index is 0.0499. The van der Waals surface area contributed by atoms with Gasteiger partial charge >= 0.3 is 19.8 Å². The molecule has 0 aliphatic heterocycles. The van der Waals surface area contributed by atoms with Crippen LogP contribution in [0.3, 0.4) is 0 Å². The number of hydrogen-bond donors (Lipinski definition) is 2. The summed E-state index contributed by atoms with van der Waals surface area (Å²) in [6, 6.07) is 0. The number of unbranched alkanes of at least 4 members (excludes halogenated alkanes) is 37. The molecule has 10 heteroatoms. The largest absolute Gasteiger partial charge is 0.472 e. The Labute approximate surface area is 574 Å². The topological polar surface area (TPSA) is 134 Å². The summed E-state index contributed by atoms with van der Waals surface area (Å²) in [6.45, 7) is 3.65. The summed E-state index contributed by atoms with van der Waals surface area (Å²) in [6.07, 6.45) is 110. The van der Waals surface area contributed by atoms with E-state index in [1.807, 2.05) is 0 Å². The quantitative estimate of drug-likeness (QED) is 0.0264. The first kappa shape index (κ1) is 89.2. The van der Waals surface area contributed by atoms with Crippen molar-refractivity contribution in [1.29, 1.82) is 0 Å². The van der Waals surface area contributed by atoms with Gasteiger partial charge in [-0.25, -0.2) is 4.57 Å². The van der Waals surface area contributed by atoms with Crippen molar-refractivity contribution >= 4 is 19.8 Å². The molecule has 0 spiro atoms. The summed E-state index contributed by atoms with van der Waals surface area (Å²) in [4.78, 5) is 35.4. The molecule has 0 saturated heterocycles.